The molecule has 0 unspecified atom stereocenters. The van der Waals surface area contributed by atoms with E-state index in [0.717, 1.165) is 6.33 Å². The first-order valence-corrected chi connectivity index (χ1v) is 3.01. The van der Waals surface area contributed by atoms with Crippen LogP contribution in [0.3, 0.4) is 0 Å². The number of aromatic nitrogens is 4. The molecular weight excluding hydrogens is 144 g/mol. The molecule has 0 aliphatic carbocycles. The summed E-state index contributed by atoms with van der Waals surface area (Å²) in [5.41, 5.74) is 0.343. The van der Waals surface area contributed by atoms with Gasteiger partial charge in [0.25, 0.3) is 5.65 Å². The van der Waals surface area contributed by atoms with Crippen LogP contribution in [0.5, 0.6) is 0 Å². The van der Waals surface area contributed by atoms with Crippen LogP contribution in [-0.2, 0) is 0 Å². The molecule has 2 rings (SSSR count). The van der Waals surface area contributed by atoms with Crippen molar-refractivity contribution in [1.29, 1.82) is 0 Å². The summed E-state index contributed by atoms with van der Waals surface area (Å²) in [7, 11) is 0. The zero-order chi connectivity index (χ0) is 7.68. The van der Waals surface area contributed by atoms with Crippen LogP contribution in [0.2, 0.25) is 0 Å². The van der Waals surface area contributed by atoms with Gasteiger partial charge in [-0.05, 0) is 0 Å². The van der Waals surface area contributed by atoms with E-state index in [0.29, 0.717) is 15.8 Å². The number of hydrogen-bond acceptors (Lipinski definition) is 4. The third-order valence-electron chi connectivity index (χ3n) is 1.31. The molecule has 0 bridgehead atoms. The molecule has 0 N–H and O–H groups in total. The fourth-order valence-corrected chi connectivity index (χ4v) is 0.838. The summed E-state index contributed by atoms with van der Waals surface area (Å²) in [6.45, 7) is 0. The summed E-state index contributed by atoms with van der Waals surface area (Å²) in [5, 5.41) is 11.6. The lowest BCUT2D eigenvalue weighted by Gasteiger charge is -2.00. The molecule has 0 saturated carbocycles. The van der Waals surface area contributed by atoms with Crippen molar-refractivity contribution in [2.75, 3.05) is 0 Å². The number of fused-ring (bicyclic) bond motifs is 1. The van der Waals surface area contributed by atoms with E-state index in [1.807, 2.05) is 0 Å². The van der Waals surface area contributed by atoms with Crippen LogP contribution >= 0.6 is 0 Å². The summed E-state index contributed by atoms with van der Waals surface area (Å²) < 4.78 is 0.608. The Morgan fingerprint density at radius 3 is 2.91 bits per heavy atom. The number of hydrogen-bond donors (Lipinski definition) is 0. The average Bonchev–Trinajstić information content (AvgIpc) is 2.06. The molecule has 11 heavy (non-hydrogen) atoms. The molecule has 5 heteroatoms. The predicted octanol–water partition coefficient (Wildman–Crippen LogP) is -0.342. The van der Waals surface area contributed by atoms with Gasteiger partial charge in [-0.3, -0.25) is 0 Å². The molecular formula is C6H4N4O. The minimum absolute atomic E-state index is 0.343. The number of rotatable bonds is 0. The highest BCUT2D eigenvalue weighted by Gasteiger charge is 2.00. The Morgan fingerprint density at radius 2 is 2.09 bits per heavy atom. The monoisotopic (exact) mass is 148 g/mol. The summed E-state index contributed by atoms with van der Waals surface area (Å²) in [5.74, 6) is 0. The van der Waals surface area contributed by atoms with E-state index >= 15 is 0 Å². The zero-order valence-corrected chi connectivity index (χ0v) is 5.51. The van der Waals surface area contributed by atoms with Gasteiger partial charge in [-0.15, -0.1) is 4.98 Å². The smallest absolute Gasteiger partial charge is 0.276 e. The van der Waals surface area contributed by atoms with Crippen LogP contribution < -0.4 is 4.73 Å². The predicted molar refractivity (Wildman–Crippen MR) is 36.3 cm³/mol. The molecule has 54 valence electrons. The van der Waals surface area contributed by atoms with E-state index < -0.39 is 0 Å². The van der Waals surface area contributed by atoms with Crippen molar-refractivity contribution in [3.8, 4) is 0 Å². The Morgan fingerprint density at radius 1 is 1.27 bits per heavy atom. The maximum absolute atomic E-state index is 10.9. The van der Waals surface area contributed by atoms with Crippen LogP contribution in [0.4, 0.5) is 0 Å². The van der Waals surface area contributed by atoms with E-state index in [1.54, 1.807) is 12.4 Å². The van der Waals surface area contributed by atoms with E-state index in [1.165, 1.54) is 6.33 Å². The minimum atomic E-state index is 0.343. The van der Waals surface area contributed by atoms with Gasteiger partial charge in [-0.1, -0.05) is 4.98 Å². The van der Waals surface area contributed by atoms with Crippen LogP contribution in [0.1, 0.15) is 0 Å². The van der Waals surface area contributed by atoms with Gasteiger partial charge >= 0.3 is 0 Å². The van der Waals surface area contributed by atoms with Crippen molar-refractivity contribution in [3.05, 3.63) is 30.3 Å². The highest BCUT2D eigenvalue weighted by atomic mass is 16.5. The summed E-state index contributed by atoms with van der Waals surface area (Å²) >= 11 is 0. The van der Waals surface area contributed by atoms with E-state index in [4.69, 9.17) is 0 Å². The van der Waals surface area contributed by atoms with Crippen molar-refractivity contribution in [3.63, 3.8) is 0 Å². The molecule has 0 aliphatic heterocycles. The van der Waals surface area contributed by atoms with E-state index in [9.17, 15) is 5.21 Å². The second-order valence-corrected chi connectivity index (χ2v) is 2.02. The number of nitrogens with zero attached hydrogens (tertiary/aromatic N) is 4. The molecule has 0 spiro atoms. The van der Waals surface area contributed by atoms with Crippen LogP contribution in [0, 0.1) is 5.21 Å². The second kappa shape index (κ2) is 2.12. The van der Waals surface area contributed by atoms with Crippen LogP contribution in [-0.4, -0.2) is 15.0 Å². The lowest BCUT2D eigenvalue weighted by molar-refractivity contribution is -0.582. The summed E-state index contributed by atoms with van der Waals surface area (Å²) in [6.07, 6.45) is 5.58. The quantitative estimate of drug-likeness (QED) is 0.378. The third kappa shape index (κ3) is 0.861. The zero-order valence-electron chi connectivity index (χ0n) is 5.51. The molecule has 5 nitrogen and oxygen atoms in total. The van der Waals surface area contributed by atoms with Gasteiger partial charge in [-0.2, -0.15) is 0 Å². The van der Waals surface area contributed by atoms with Crippen LogP contribution in [0.15, 0.2) is 25.0 Å². The Balaban J connectivity index is 2.91. The Kier molecular flexibility index (Phi) is 1.15. The van der Waals surface area contributed by atoms with Crippen molar-refractivity contribution >= 4 is 11.0 Å². The second-order valence-electron chi connectivity index (χ2n) is 2.02. The molecule has 2 heterocycles. The summed E-state index contributed by atoms with van der Waals surface area (Å²) in [6, 6.07) is 0. The highest BCUT2D eigenvalue weighted by Crippen LogP contribution is 1.99. The van der Waals surface area contributed by atoms with Crippen molar-refractivity contribution in [2.45, 2.75) is 0 Å². The minimum Gasteiger partial charge on any atom is -0.740 e. The van der Waals surface area contributed by atoms with Gasteiger partial charge < -0.3 is 5.21 Å². The molecule has 0 amide bonds. The molecule has 0 fully saturated rings. The SMILES string of the molecule is [O-][n+]1cncc2cncnc21. The maximum atomic E-state index is 10.9. The first-order chi connectivity index (χ1) is 5.38. The average molecular weight is 148 g/mol. The molecule has 0 aromatic carbocycles. The van der Waals surface area contributed by atoms with Gasteiger partial charge in [0, 0.05) is 6.20 Å². The highest BCUT2D eigenvalue weighted by molar-refractivity contribution is 5.68. The fraction of sp³-hybridized carbons (Fsp3) is 0. The largest absolute Gasteiger partial charge is 0.740 e. The van der Waals surface area contributed by atoms with Gasteiger partial charge in [0.1, 0.15) is 11.6 Å². The van der Waals surface area contributed by atoms with Gasteiger partial charge in [0.15, 0.2) is 6.33 Å². The normalized spacial score (nSPS) is 10.2. The maximum Gasteiger partial charge on any atom is 0.276 e. The molecule has 0 atom stereocenters. The Bertz CT molecular complexity index is 384. The standard InChI is InChI=1S/C6H4N4O/c11-10-4-8-2-5-1-7-3-9-6(5)10/h1-4H. The fourth-order valence-electron chi connectivity index (χ4n) is 0.838. The third-order valence-corrected chi connectivity index (χ3v) is 1.31. The van der Waals surface area contributed by atoms with Crippen molar-refractivity contribution < 1.29 is 4.73 Å². The molecule has 2 aromatic rings. The Labute approximate surface area is 61.9 Å². The first-order valence-electron chi connectivity index (χ1n) is 3.01. The lowest BCUT2D eigenvalue weighted by atomic mass is 10.4. The summed E-state index contributed by atoms with van der Waals surface area (Å²) in [4.78, 5) is 11.2. The van der Waals surface area contributed by atoms with Gasteiger partial charge in [0.2, 0.25) is 6.33 Å². The van der Waals surface area contributed by atoms with Crippen molar-refractivity contribution in [2.24, 2.45) is 0 Å². The Hall–Kier alpha value is -1.78. The van der Waals surface area contributed by atoms with E-state index in [2.05, 4.69) is 15.0 Å². The molecule has 0 aliphatic rings. The van der Waals surface area contributed by atoms with Gasteiger partial charge in [-0.25, -0.2) is 9.71 Å². The topological polar surface area (TPSA) is 65.6 Å². The van der Waals surface area contributed by atoms with E-state index in [-0.39, 0.29) is 0 Å². The molecule has 0 saturated heterocycles. The van der Waals surface area contributed by atoms with Gasteiger partial charge in [0.05, 0.1) is 0 Å². The molecule has 2 aromatic heterocycles. The lowest BCUT2D eigenvalue weighted by Crippen LogP contribution is -2.27. The van der Waals surface area contributed by atoms with Crippen molar-refractivity contribution in [1.82, 2.24) is 15.0 Å². The first kappa shape index (κ1) is 5.96. The molecule has 0 radical (unpaired) electrons. The van der Waals surface area contributed by atoms with Crippen LogP contribution in [0.25, 0.3) is 11.0 Å².